The van der Waals surface area contributed by atoms with Crippen LogP contribution < -0.4 is 10.1 Å². The van der Waals surface area contributed by atoms with E-state index in [1.54, 1.807) is 7.11 Å². The number of likely N-dealkylation sites (tertiary alicyclic amines) is 1. The van der Waals surface area contributed by atoms with Crippen molar-refractivity contribution >= 4 is 24.8 Å². The number of hydrogen-bond donors (Lipinski definition) is 1. The molecule has 2 saturated heterocycles. The molecule has 2 heterocycles. The Morgan fingerprint density at radius 2 is 1.68 bits per heavy atom. The third-order valence-corrected chi connectivity index (χ3v) is 4.03. The first-order valence-corrected chi connectivity index (χ1v) is 6.41. The second-order valence-electron chi connectivity index (χ2n) is 5.22. The predicted octanol–water partition coefficient (Wildman–Crippen LogP) is 2.19. The number of nitrogens with one attached hydrogen (secondary N) is 1. The van der Waals surface area contributed by atoms with E-state index in [0.29, 0.717) is 0 Å². The van der Waals surface area contributed by atoms with Gasteiger partial charge in [0, 0.05) is 19.6 Å². The van der Waals surface area contributed by atoms with Gasteiger partial charge in [0.15, 0.2) is 0 Å². The number of halogens is 2. The molecule has 0 saturated carbocycles. The van der Waals surface area contributed by atoms with E-state index in [9.17, 15) is 0 Å². The summed E-state index contributed by atoms with van der Waals surface area (Å²) in [4.78, 5) is 2.58. The summed E-state index contributed by atoms with van der Waals surface area (Å²) in [7, 11) is 1.71. The van der Waals surface area contributed by atoms with Crippen molar-refractivity contribution in [2.75, 3.05) is 33.3 Å². The second-order valence-corrected chi connectivity index (χ2v) is 5.22. The maximum atomic E-state index is 5.18. The Bertz CT molecular complexity index is 374. The highest BCUT2D eigenvalue weighted by molar-refractivity contribution is 5.85. The fourth-order valence-electron chi connectivity index (χ4n) is 3.07. The van der Waals surface area contributed by atoms with Crippen LogP contribution in [0.25, 0.3) is 0 Å². The first-order chi connectivity index (χ1) is 8.35. The van der Waals surface area contributed by atoms with Gasteiger partial charge in [0.2, 0.25) is 0 Å². The van der Waals surface area contributed by atoms with Gasteiger partial charge < -0.3 is 10.1 Å². The normalized spacial score (nSPS) is 25.3. The molecule has 1 aromatic rings. The minimum Gasteiger partial charge on any atom is -0.497 e. The fourth-order valence-corrected chi connectivity index (χ4v) is 3.07. The fraction of sp³-hybridized carbons (Fsp3) is 0.571. The second kappa shape index (κ2) is 7.34. The lowest BCUT2D eigenvalue weighted by molar-refractivity contribution is 0.305. The highest BCUT2D eigenvalue weighted by Gasteiger charge is 2.35. The molecular formula is C14H22Cl2N2O. The maximum Gasteiger partial charge on any atom is 0.118 e. The molecule has 2 aliphatic rings. The Labute approximate surface area is 127 Å². The van der Waals surface area contributed by atoms with Crippen LogP contribution in [0.4, 0.5) is 0 Å². The Balaban J connectivity index is 0.000000902. The van der Waals surface area contributed by atoms with Crippen molar-refractivity contribution < 1.29 is 4.74 Å². The monoisotopic (exact) mass is 304 g/mol. The van der Waals surface area contributed by atoms with Crippen LogP contribution in [-0.4, -0.2) is 38.2 Å². The van der Waals surface area contributed by atoms with Gasteiger partial charge in [-0.1, -0.05) is 12.1 Å². The standard InChI is InChI=1S/C14H20N2O.2ClH/c1-17-14-4-2-11(3-5-14)8-16-9-12-6-15-7-13(12)10-16;;/h2-5,12-13,15H,6-10H2,1H3;2*1H/t12-,13+;;. The van der Waals surface area contributed by atoms with E-state index in [1.165, 1.54) is 31.7 Å². The van der Waals surface area contributed by atoms with Gasteiger partial charge >= 0.3 is 0 Å². The van der Waals surface area contributed by atoms with E-state index < -0.39 is 0 Å². The summed E-state index contributed by atoms with van der Waals surface area (Å²) in [6, 6.07) is 8.44. The average Bonchev–Trinajstić information content (AvgIpc) is 2.90. The molecule has 3 rings (SSSR count). The van der Waals surface area contributed by atoms with E-state index in [4.69, 9.17) is 4.74 Å². The first-order valence-electron chi connectivity index (χ1n) is 6.41. The van der Waals surface area contributed by atoms with E-state index >= 15 is 0 Å². The van der Waals surface area contributed by atoms with Gasteiger partial charge in [-0.2, -0.15) is 0 Å². The smallest absolute Gasteiger partial charge is 0.118 e. The quantitative estimate of drug-likeness (QED) is 0.926. The van der Waals surface area contributed by atoms with Crippen LogP contribution in [0.2, 0.25) is 0 Å². The number of methoxy groups -OCH3 is 1. The van der Waals surface area contributed by atoms with Crippen LogP contribution in [0.15, 0.2) is 24.3 Å². The molecule has 0 bridgehead atoms. The Morgan fingerprint density at radius 3 is 2.21 bits per heavy atom. The molecule has 2 fully saturated rings. The molecule has 5 heteroatoms. The van der Waals surface area contributed by atoms with Crippen molar-refractivity contribution in [3.8, 4) is 5.75 Å². The lowest BCUT2D eigenvalue weighted by atomic mass is 10.0. The summed E-state index contributed by atoms with van der Waals surface area (Å²) >= 11 is 0. The SMILES string of the molecule is COc1ccc(CN2C[C@H]3CNC[C@H]3C2)cc1.Cl.Cl. The van der Waals surface area contributed by atoms with Gasteiger partial charge in [-0.05, 0) is 42.6 Å². The molecule has 0 aromatic heterocycles. The number of ether oxygens (including phenoxy) is 1. The Kier molecular flexibility index (Phi) is 6.40. The third-order valence-electron chi connectivity index (χ3n) is 4.03. The van der Waals surface area contributed by atoms with Gasteiger partial charge in [-0.3, -0.25) is 4.90 Å². The summed E-state index contributed by atoms with van der Waals surface area (Å²) in [5, 5.41) is 3.48. The van der Waals surface area contributed by atoms with Crippen molar-refractivity contribution in [3.63, 3.8) is 0 Å². The van der Waals surface area contributed by atoms with Gasteiger partial charge in [0.05, 0.1) is 7.11 Å². The number of rotatable bonds is 3. The summed E-state index contributed by atoms with van der Waals surface area (Å²) in [6.07, 6.45) is 0. The predicted molar refractivity (Wildman–Crippen MR) is 82.6 cm³/mol. The van der Waals surface area contributed by atoms with E-state index in [-0.39, 0.29) is 24.8 Å². The topological polar surface area (TPSA) is 24.5 Å². The summed E-state index contributed by atoms with van der Waals surface area (Å²) in [6.45, 7) is 6.01. The molecule has 3 nitrogen and oxygen atoms in total. The number of benzene rings is 1. The van der Waals surface area contributed by atoms with Gasteiger partial charge in [0.25, 0.3) is 0 Å². The molecule has 108 valence electrons. The van der Waals surface area contributed by atoms with Gasteiger partial charge in [-0.15, -0.1) is 24.8 Å². The molecule has 0 radical (unpaired) electrons. The van der Waals surface area contributed by atoms with Crippen molar-refractivity contribution in [3.05, 3.63) is 29.8 Å². The molecule has 0 aliphatic carbocycles. The van der Waals surface area contributed by atoms with Crippen LogP contribution in [-0.2, 0) is 6.54 Å². The Hall–Kier alpha value is -0.480. The van der Waals surface area contributed by atoms with Crippen molar-refractivity contribution in [2.24, 2.45) is 11.8 Å². The molecule has 1 aromatic carbocycles. The number of fused-ring (bicyclic) bond motifs is 1. The summed E-state index contributed by atoms with van der Waals surface area (Å²) in [5.41, 5.74) is 1.39. The zero-order valence-electron chi connectivity index (χ0n) is 11.2. The van der Waals surface area contributed by atoms with Crippen LogP contribution in [0, 0.1) is 11.8 Å². The van der Waals surface area contributed by atoms with Crippen molar-refractivity contribution in [2.45, 2.75) is 6.54 Å². The number of nitrogens with zero attached hydrogens (tertiary/aromatic N) is 1. The first kappa shape index (κ1) is 16.6. The molecule has 19 heavy (non-hydrogen) atoms. The lowest BCUT2D eigenvalue weighted by Gasteiger charge is -2.17. The molecule has 0 unspecified atom stereocenters. The average molecular weight is 305 g/mol. The molecule has 1 N–H and O–H groups in total. The largest absolute Gasteiger partial charge is 0.497 e. The zero-order chi connectivity index (χ0) is 11.7. The number of hydrogen-bond acceptors (Lipinski definition) is 3. The minimum absolute atomic E-state index is 0. The zero-order valence-corrected chi connectivity index (χ0v) is 12.8. The van der Waals surface area contributed by atoms with E-state index in [0.717, 1.165) is 24.1 Å². The summed E-state index contributed by atoms with van der Waals surface area (Å²) in [5.74, 6) is 2.71. The summed E-state index contributed by atoms with van der Waals surface area (Å²) < 4.78 is 5.18. The van der Waals surface area contributed by atoms with Crippen molar-refractivity contribution in [1.29, 1.82) is 0 Å². The van der Waals surface area contributed by atoms with Crippen LogP contribution >= 0.6 is 24.8 Å². The lowest BCUT2D eigenvalue weighted by Crippen LogP contribution is -2.25. The molecule has 0 spiro atoms. The molecular weight excluding hydrogens is 283 g/mol. The highest BCUT2D eigenvalue weighted by Crippen LogP contribution is 2.27. The van der Waals surface area contributed by atoms with E-state index in [2.05, 4.69) is 22.3 Å². The molecule has 2 atom stereocenters. The van der Waals surface area contributed by atoms with Crippen LogP contribution in [0.1, 0.15) is 5.56 Å². The minimum atomic E-state index is 0. The van der Waals surface area contributed by atoms with Gasteiger partial charge in [-0.25, -0.2) is 0 Å². The van der Waals surface area contributed by atoms with Crippen LogP contribution in [0.5, 0.6) is 5.75 Å². The highest BCUT2D eigenvalue weighted by atomic mass is 35.5. The van der Waals surface area contributed by atoms with Crippen LogP contribution in [0.3, 0.4) is 0 Å². The van der Waals surface area contributed by atoms with Crippen molar-refractivity contribution in [1.82, 2.24) is 10.2 Å². The van der Waals surface area contributed by atoms with E-state index in [1.807, 2.05) is 12.1 Å². The third kappa shape index (κ3) is 3.76. The Morgan fingerprint density at radius 1 is 1.11 bits per heavy atom. The molecule has 0 amide bonds. The van der Waals surface area contributed by atoms with Gasteiger partial charge in [0.1, 0.15) is 5.75 Å². The molecule has 2 aliphatic heterocycles. The maximum absolute atomic E-state index is 5.18.